The molecule has 2 aliphatic rings. The number of nitrogens with one attached hydrogen (secondary N) is 1. The number of hydrogen-bond acceptors (Lipinski definition) is 4. The van der Waals surface area contributed by atoms with Crippen molar-refractivity contribution in [3.63, 3.8) is 0 Å². The van der Waals surface area contributed by atoms with Gasteiger partial charge in [0.25, 0.3) is 5.91 Å². The third kappa shape index (κ3) is 5.16. The second-order valence-corrected chi connectivity index (χ2v) is 9.28. The van der Waals surface area contributed by atoms with Crippen LogP contribution in [-0.4, -0.2) is 50.2 Å². The van der Waals surface area contributed by atoms with Crippen molar-refractivity contribution >= 4 is 11.6 Å². The molecule has 3 aromatic carbocycles. The average Bonchev–Trinajstić information content (AvgIpc) is 2.89. The first-order valence-electron chi connectivity index (χ1n) is 12.3. The van der Waals surface area contributed by atoms with Crippen LogP contribution in [0.5, 0.6) is 0 Å². The van der Waals surface area contributed by atoms with E-state index in [1.165, 1.54) is 22.3 Å². The van der Waals surface area contributed by atoms with E-state index in [4.69, 9.17) is 4.74 Å². The molecule has 34 heavy (non-hydrogen) atoms. The molecule has 5 heteroatoms. The topological polar surface area (TPSA) is 44.8 Å². The monoisotopic (exact) mass is 455 g/mol. The molecule has 1 N–H and O–H groups in total. The van der Waals surface area contributed by atoms with Crippen LogP contribution in [0.2, 0.25) is 0 Å². The molecular formula is C29H33N3O2. The molecule has 1 fully saturated rings. The Morgan fingerprint density at radius 1 is 0.941 bits per heavy atom. The lowest BCUT2D eigenvalue weighted by Gasteiger charge is -2.35. The van der Waals surface area contributed by atoms with Crippen molar-refractivity contribution in [2.75, 3.05) is 44.3 Å². The molecule has 1 unspecified atom stereocenters. The van der Waals surface area contributed by atoms with Crippen molar-refractivity contribution in [2.45, 2.75) is 25.9 Å². The fourth-order valence-corrected chi connectivity index (χ4v) is 5.06. The summed E-state index contributed by atoms with van der Waals surface area (Å²) in [5.41, 5.74) is 7.17. The number of aryl methyl sites for hydroxylation is 1. The van der Waals surface area contributed by atoms with E-state index < -0.39 is 0 Å². The highest BCUT2D eigenvalue weighted by Gasteiger charge is 2.24. The number of carbonyl (C=O) groups excluding carboxylic acids is 1. The Hall–Kier alpha value is -3.15. The van der Waals surface area contributed by atoms with E-state index in [2.05, 4.69) is 82.7 Å². The number of ether oxygens (including phenoxy) is 1. The number of carbonyl (C=O) groups is 1. The van der Waals surface area contributed by atoms with Crippen LogP contribution in [0.3, 0.4) is 0 Å². The van der Waals surface area contributed by atoms with Gasteiger partial charge >= 0.3 is 0 Å². The van der Waals surface area contributed by atoms with Crippen LogP contribution in [0.1, 0.15) is 38.7 Å². The summed E-state index contributed by atoms with van der Waals surface area (Å²) < 4.78 is 5.55. The number of morpholine rings is 1. The second-order valence-electron chi connectivity index (χ2n) is 9.28. The van der Waals surface area contributed by atoms with Gasteiger partial charge in [-0.05, 0) is 54.3 Å². The van der Waals surface area contributed by atoms with Crippen LogP contribution < -0.4 is 10.2 Å². The zero-order valence-corrected chi connectivity index (χ0v) is 19.9. The van der Waals surface area contributed by atoms with E-state index in [0.717, 1.165) is 51.5 Å². The van der Waals surface area contributed by atoms with E-state index in [-0.39, 0.29) is 11.9 Å². The Morgan fingerprint density at radius 2 is 1.71 bits per heavy atom. The molecular weight excluding hydrogens is 422 g/mol. The zero-order chi connectivity index (χ0) is 23.3. The molecule has 2 aliphatic heterocycles. The number of anilines is 1. The standard InChI is InChI=1S/C29H33N3O2/c1-22-5-4-8-25(19-22)28(31-15-17-34-18-16-31)20-30-29(33)24-9-11-27(12-10-24)32-14-13-23-6-2-3-7-26(23)21-32/h2-12,19,28H,13-18,20-21H2,1H3,(H,30,33). The number of benzene rings is 3. The average molecular weight is 456 g/mol. The third-order valence-corrected chi connectivity index (χ3v) is 6.99. The van der Waals surface area contributed by atoms with Crippen LogP contribution >= 0.6 is 0 Å². The maximum Gasteiger partial charge on any atom is 0.251 e. The van der Waals surface area contributed by atoms with Crippen molar-refractivity contribution in [3.05, 3.63) is 101 Å². The van der Waals surface area contributed by atoms with Crippen molar-refractivity contribution in [1.82, 2.24) is 10.2 Å². The lowest BCUT2D eigenvalue weighted by Crippen LogP contribution is -2.43. The lowest BCUT2D eigenvalue weighted by atomic mass is 9.99. The van der Waals surface area contributed by atoms with Gasteiger partial charge in [0.1, 0.15) is 0 Å². The molecule has 1 amide bonds. The van der Waals surface area contributed by atoms with Gasteiger partial charge in [0, 0.05) is 44.0 Å². The highest BCUT2D eigenvalue weighted by atomic mass is 16.5. The molecule has 1 atom stereocenters. The van der Waals surface area contributed by atoms with Gasteiger partial charge in [-0.1, -0.05) is 54.1 Å². The van der Waals surface area contributed by atoms with Crippen molar-refractivity contribution in [1.29, 1.82) is 0 Å². The van der Waals surface area contributed by atoms with E-state index in [1.807, 2.05) is 12.1 Å². The molecule has 5 rings (SSSR count). The number of hydrogen-bond donors (Lipinski definition) is 1. The Balaban J connectivity index is 1.24. The fourth-order valence-electron chi connectivity index (χ4n) is 5.06. The summed E-state index contributed by atoms with van der Waals surface area (Å²) in [6.07, 6.45) is 1.06. The fraction of sp³-hybridized carbons (Fsp3) is 0.345. The van der Waals surface area contributed by atoms with Crippen LogP contribution in [0, 0.1) is 6.92 Å². The van der Waals surface area contributed by atoms with Crippen LogP contribution in [0.15, 0.2) is 72.8 Å². The maximum atomic E-state index is 13.0. The number of nitrogens with zero attached hydrogens (tertiary/aromatic N) is 2. The summed E-state index contributed by atoms with van der Waals surface area (Å²) in [7, 11) is 0. The summed E-state index contributed by atoms with van der Waals surface area (Å²) in [5.74, 6) is -0.0264. The van der Waals surface area contributed by atoms with Crippen LogP contribution in [0.4, 0.5) is 5.69 Å². The minimum Gasteiger partial charge on any atom is -0.379 e. The maximum absolute atomic E-state index is 13.0. The Kier molecular flexibility index (Phi) is 6.93. The van der Waals surface area contributed by atoms with Gasteiger partial charge in [0.05, 0.1) is 19.3 Å². The summed E-state index contributed by atoms with van der Waals surface area (Å²) in [4.78, 5) is 17.8. The highest BCUT2D eigenvalue weighted by Crippen LogP contribution is 2.25. The summed E-state index contributed by atoms with van der Waals surface area (Å²) >= 11 is 0. The van der Waals surface area contributed by atoms with Gasteiger partial charge in [-0.25, -0.2) is 0 Å². The lowest BCUT2D eigenvalue weighted by molar-refractivity contribution is 0.0162. The van der Waals surface area contributed by atoms with Crippen molar-refractivity contribution in [3.8, 4) is 0 Å². The Bertz CT molecular complexity index is 1120. The predicted molar refractivity (Wildman–Crippen MR) is 136 cm³/mol. The van der Waals surface area contributed by atoms with Crippen molar-refractivity contribution < 1.29 is 9.53 Å². The molecule has 1 saturated heterocycles. The third-order valence-electron chi connectivity index (χ3n) is 6.99. The SMILES string of the molecule is Cc1cccc(C(CNC(=O)c2ccc(N3CCc4ccccc4C3)cc2)N2CCOCC2)c1. The largest absolute Gasteiger partial charge is 0.379 e. The van der Waals surface area contributed by atoms with E-state index in [9.17, 15) is 4.79 Å². The molecule has 176 valence electrons. The first-order valence-corrected chi connectivity index (χ1v) is 12.3. The second kappa shape index (κ2) is 10.4. The summed E-state index contributed by atoms with van der Waals surface area (Å²) in [6, 6.07) is 25.4. The van der Waals surface area contributed by atoms with E-state index >= 15 is 0 Å². The predicted octanol–water partition coefficient (Wildman–Crippen LogP) is 4.36. The molecule has 0 spiro atoms. The normalized spacial score (nSPS) is 17.1. The molecule has 2 heterocycles. The quantitative estimate of drug-likeness (QED) is 0.600. The van der Waals surface area contributed by atoms with E-state index in [1.54, 1.807) is 0 Å². The van der Waals surface area contributed by atoms with Gasteiger partial charge in [-0.2, -0.15) is 0 Å². The van der Waals surface area contributed by atoms with Gasteiger partial charge in [-0.3, -0.25) is 9.69 Å². The molecule has 0 saturated carbocycles. The minimum absolute atomic E-state index is 0.0264. The minimum atomic E-state index is -0.0264. The van der Waals surface area contributed by atoms with Crippen LogP contribution in [-0.2, 0) is 17.7 Å². The molecule has 0 radical (unpaired) electrons. The van der Waals surface area contributed by atoms with Gasteiger partial charge in [-0.15, -0.1) is 0 Å². The Morgan fingerprint density at radius 3 is 2.47 bits per heavy atom. The van der Waals surface area contributed by atoms with Gasteiger partial charge in [0.2, 0.25) is 0 Å². The van der Waals surface area contributed by atoms with Gasteiger partial charge in [0.15, 0.2) is 0 Å². The first kappa shape index (κ1) is 22.6. The number of fused-ring (bicyclic) bond motifs is 1. The number of rotatable bonds is 6. The zero-order valence-electron chi connectivity index (χ0n) is 19.9. The first-order chi connectivity index (χ1) is 16.7. The van der Waals surface area contributed by atoms with Crippen molar-refractivity contribution in [2.24, 2.45) is 0 Å². The smallest absolute Gasteiger partial charge is 0.251 e. The summed E-state index contributed by atoms with van der Waals surface area (Å²) in [5, 5.41) is 3.19. The molecule has 5 nitrogen and oxygen atoms in total. The molecule has 0 aromatic heterocycles. The highest BCUT2D eigenvalue weighted by molar-refractivity contribution is 5.94. The van der Waals surface area contributed by atoms with Crippen LogP contribution in [0.25, 0.3) is 0 Å². The number of amides is 1. The Labute approximate surface area is 202 Å². The van der Waals surface area contributed by atoms with Gasteiger partial charge < -0.3 is 15.0 Å². The summed E-state index contributed by atoms with van der Waals surface area (Å²) in [6.45, 7) is 7.83. The molecule has 3 aromatic rings. The molecule has 0 bridgehead atoms. The van der Waals surface area contributed by atoms with E-state index in [0.29, 0.717) is 12.1 Å². The molecule has 0 aliphatic carbocycles.